The number of aliphatic hydroxyl groups is 3. The highest BCUT2D eigenvalue weighted by Crippen LogP contribution is 2.28. The molecule has 1 aliphatic heterocycles. The van der Waals surface area contributed by atoms with Gasteiger partial charge in [0.2, 0.25) is 0 Å². The summed E-state index contributed by atoms with van der Waals surface area (Å²) >= 11 is 0. The van der Waals surface area contributed by atoms with Crippen LogP contribution in [0.4, 0.5) is 0 Å². The average molecular weight is 228 g/mol. The molecule has 1 saturated heterocycles. The zero-order valence-corrected chi connectivity index (χ0v) is 8.30. The Morgan fingerprint density at radius 1 is 1.44 bits per heavy atom. The molecular weight excluding hydrogens is 216 g/mol. The van der Waals surface area contributed by atoms with Gasteiger partial charge in [-0.1, -0.05) is 0 Å². The summed E-state index contributed by atoms with van der Waals surface area (Å²) in [6, 6.07) is 1.22. The fourth-order valence-corrected chi connectivity index (χ4v) is 1.63. The van der Waals surface area contributed by atoms with Gasteiger partial charge in [-0.3, -0.25) is 4.79 Å². The third kappa shape index (κ3) is 1.85. The number of aromatic nitrogens is 2. The molecule has 0 aliphatic carbocycles. The van der Waals surface area contributed by atoms with Crippen molar-refractivity contribution in [3.63, 3.8) is 0 Å². The van der Waals surface area contributed by atoms with Crippen molar-refractivity contribution in [3.05, 3.63) is 28.9 Å². The van der Waals surface area contributed by atoms with Crippen LogP contribution in [0.25, 0.3) is 0 Å². The minimum atomic E-state index is -1.17. The van der Waals surface area contributed by atoms with Crippen molar-refractivity contribution in [1.82, 2.24) is 9.55 Å². The third-order valence-electron chi connectivity index (χ3n) is 2.52. The Hall–Kier alpha value is -1.28. The van der Waals surface area contributed by atoms with Gasteiger partial charge in [-0.2, -0.15) is 4.98 Å². The van der Waals surface area contributed by atoms with E-state index < -0.39 is 30.1 Å². The van der Waals surface area contributed by atoms with Gasteiger partial charge < -0.3 is 24.6 Å². The summed E-state index contributed by atoms with van der Waals surface area (Å²) in [5.41, 5.74) is -0.400. The molecule has 1 aromatic heterocycles. The van der Waals surface area contributed by atoms with E-state index in [1.807, 2.05) is 0 Å². The number of nitrogens with zero attached hydrogens (tertiary/aromatic N) is 2. The maximum Gasteiger partial charge on any atom is 0.272 e. The second-order valence-electron chi connectivity index (χ2n) is 3.57. The van der Waals surface area contributed by atoms with Gasteiger partial charge in [0.15, 0.2) is 6.23 Å². The van der Waals surface area contributed by atoms with Gasteiger partial charge >= 0.3 is 0 Å². The van der Waals surface area contributed by atoms with Crippen molar-refractivity contribution in [1.29, 1.82) is 0 Å². The lowest BCUT2D eigenvalue weighted by Gasteiger charge is -2.17. The Morgan fingerprint density at radius 2 is 2.19 bits per heavy atom. The molecule has 0 unspecified atom stereocenters. The smallest absolute Gasteiger partial charge is 0.272 e. The Bertz CT molecular complexity index is 400. The quantitative estimate of drug-likeness (QED) is 0.533. The van der Waals surface area contributed by atoms with Crippen LogP contribution in [-0.2, 0) is 4.74 Å². The molecule has 7 heteroatoms. The van der Waals surface area contributed by atoms with Gasteiger partial charge in [-0.25, -0.2) is 0 Å². The summed E-state index contributed by atoms with van der Waals surface area (Å²) in [4.78, 5) is 14.3. The van der Waals surface area contributed by atoms with Crippen LogP contribution in [0.15, 0.2) is 23.4 Å². The van der Waals surface area contributed by atoms with Gasteiger partial charge in [0.1, 0.15) is 24.6 Å². The highest BCUT2D eigenvalue weighted by Gasteiger charge is 2.42. The lowest BCUT2D eigenvalue weighted by molar-refractivity contribution is -0.0534. The van der Waals surface area contributed by atoms with E-state index in [1.165, 1.54) is 23.2 Å². The minimum Gasteiger partial charge on any atom is -0.394 e. The number of ether oxygens (including phenoxy) is 1. The summed E-state index contributed by atoms with van der Waals surface area (Å²) in [6.45, 7) is -0.387. The van der Waals surface area contributed by atoms with Gasteiger partial charge in [-0.05, 0) is 0 Å². The van der Waals surface area contributed by atoms with E-state index in [-0.39, 0.29) is 6.61 Å². The first-order chi connectivity index (χ1) is 7.63. The molecule has 88 valence electrons. The monoisotopic (exact) mass is 228 g/mol. The Labute approximate surface area is 90.6 Å². The van der Waals surface area contributed by atoms with Crippen LogP contribution in [0.2, 0.25) is 0 Å². The first kappa shape index (κ1) is 11.2. The van der Waals surface area contributed by atoms with Crippen molar-refractivity contribution < 1.29 is 20.1 Å². The topological polar surface area (TPSA) is 105 Å². The van der Waals surface area contributed by atoms with Crippen LogP contribution < -0.4 is 5.56 Å². The zero-order valence-electron chi connectivity index (χ0n) is 8.30. The highest BCUT2D eigenvalue weighted by atomic mass is 16.6. The molecule has 3 N–H and O–H groups in total. The summed E-state index contributed by atoms with van der Waals surface area (Å²) in [7, 11) is 0. The normalized spacial score (nSPS) is 34.2. The van der Waals surface area contributed by atoms with Gasteiger partial charge in [-0.15, -0.1) is 0 Å². The SMILES string of the molecule is O=c1ccn([C@@H]2O[C@H](CO)[C@@H](O)[C@H]2O)cn1. The summed E-state index contributed by atoms with van der Waals surface area (Å²) < 4.78 is 6.60. The molecule has 0 aromatic carbocycles. The molecular formula is C9H12N2O5. The van der Waals surface area contributed by atoms with Crippen molar-refractivity contribution in [2.24, 2.45) is 0 Å². The lowest BCUT2D eigenvalue weighted by atomic mass is 10.1. The van der Waals surface area contributed by atoms with E-state index >= 15 is 0 Å². The maximum absolute atomic E-state index is 10.8. The van der Waals surface area contributed by atoms with Crippen LogP contribution in [0.5, 0.6) is 0 Å². The molecule has 4 atom stereocenters. The molecule has 2 heterocycles. The molecule has 0 spiro atoms. The van der Waals surface area contributed by atoms with Crippen LogP contribution in [0, 0.1) is 0 Å². The van der Waals surface area contributed by atoms with E-state index in [9.17, 15) is 15.0 Å². The first-order valence-corrected chi connectivity index (χ1v) is 4.79. The van der Waals surface area contributed by atoms with Crippen LogP contribution >= 0.6 is 0 Å². The fraction of sp³-hybridized carbons (Fsp3) is 0.556. The second kappa shape index (κ2) is 4.30. The predicted molar refractivity (Wildman–Crippen MR) is 51.5 cm³/mol. The zero-order chi connectivity index (χ0) is 11.7. The van der Waals surface area contributed by atoms with Gasteiger partial charge in [0.05, 0.1) is 6.61 Å². The van der Waals surface area contributed by atoms with E-state index in [4.69, 9.17) is 9.84 Å². The molecule has 2 rings (SSSR count). The Kier molecular flexibility index (Phi) is 3.01. The molecule has 7 nitrogen and oxygen atoms in total. The fourth-order valence-electron chi connectivity index (χ4n) is 1.63. The van der Waals surface area contributed by atoms with Crippen molar-refractivity contribution in [2.45, 2.75) is 24.5 Å². The minimum absolute atomic E-state index is 0.387. The Morgan fingerprint density at radius 3 is 2.69 bits per heavy atom. The number of hydrogen-bond acceptors (Lipinski definition) is 6. The van der Waals surface area contributed by atoms with Gasteiger partial charge in [0.25, 0.3) is 5.56 Å². The summed E-state index contributed by atoms with van der Waals surface area (Å²) in [5, 5.41) is 28.1. The first-order valence-electron chi connectivity index (χ1n) is 4.79. The molecule has 1 aliphatic rings. The van der Waals surface area contributed by atoms with E-state index in [1.54, 1.807) is 0 Å². The third-order valence-corrected chi connectivity index (χ3v) is 2.52. The summed E-state index contributed by atoms with van der Waals surface area (Å²) in [6.07, 6.45) is -1.39. The second-order valence-corrected chi connectivity index (χ2v) is 3.57. The number of aliphatic hydroxyl groups excluding tert-OH is 3. The van der Waals surface area contributed by atoms with Crippen molar-refractivity contribution in [3.8, 4) is 0 Å². The largest absolute Gasteiger partial charge is 0.394 e. The van der Waals surface area contributed by atoms with Crippen molar-refractivity contribution >= 4 is 0 Å². The highest BCUT2D eigenvalue weighted by molar-refractivity contribution is 4.92. The molecule has 0 radical (unpaired) electrons. The molecule has 0 amide bonds. The van der Waals surface area contributed by atoms with Gasteiger partial charge in [0, 0.05) is 12.3 Å². The standard InChI is InChI=1S/C9H12N2O5/c12-3-5-7(14)8(15)9(16-5)11-2-1-6(13)10-4-11/h1-2,4-5,7-9,12,14-15H,3H2/t5-,7-,8-,9-/m1/s1. The lowest BCUT2D eigenvalue weighted by Crippen LogP contribution is -2.33. The Balaban J connectivity index is 2.22. The molecule has 0 saturated carbocycles. The van der Waals surface area contributed by atoms with E-state index in [2.05, 4.69) is 4.98 Å². The van der Waals surface area contributed by atoms with Crippen LogP contribution in [0.1, 0.15) is 6.23 Å². The molecule has 1 fully saturated rings. The summed E-state index contributed by atoms with van der Waals surface area (Å²) in [5.74, 6) is 0. The molecule has 1 aromatic rings. The van der Waals surface area contributed by atoms with E-state index in [0.717, 1.165) is 0 Å². The molecule has 16 heavy (non-hydrogen) atoms. The average Bonchev–Trinajstić information content (AvgIpc) is 2.57. The number of rotatable bonds is 2. The molecule has 0 bridgehead atoms. The number of hydrogen-bond donors (Lipinski definition) is 3. The van der Waals surface area contributed by atoms with Crippen LogP contribution in [-0.4, -0.2) is 49.8 Å². The predicted octanol–water partition coefficient (Wildman–Crippen LogP) is -2.15. The van der Waals surface area contributed by atoms with Crippen LogP contribution in [0.3, 0.4) is 0 Å². The maximum atomic E-state index is 10.8. The van der Waals surface area contributed by atoms with Crippen molar-refractivity contribution in [2.75, 3.05) is 6.61 Å². The van der Waals surface area contributed by atoms with E-state index in [0.29, 0.717) is 0 Å².